The second kappa shape index (κ2) is 7.12. The van der Waals surface area contributed by atoms with Crippen molar-refractivity contribution in [2.24, 2.45) is 0 Å². The summed E-state index contributed by atoms with van der Waals surface area (Å²) in [4.78, 5) is 0. The SMILES string of the molecule is CCC(C)(C)NCC(O)COc1ccc(Br)cc1. The van der Waals surface area contributed by atoms with Crippen molar-refractivity contribution in [2.45, 2.75) is 38.8 Å². The topological polar surface area (TPSA) is 41.5 Å². The zero-order valence-corrected chi connectivity index (χ0v) is 12.8. The third kappa shape index (κ3) is 5.85. The van der Waals surface area contributed by atoms with Crippen LogP contribution in [0.5, 0.6) is 5.75 Å². The summed E-state index contributed by atoms with van der Waals surface area (Å²) in [5.74, 6) is 0.770. The molecule has 0 aliphatic heterocycles. The molecule has 2 N–H and O–H groups in total. The first-order chi connectivity index (χ1) is 8.43. The van der Waals surface area contributed by atoms with Crippen molar-refractivity contribution in [1.82, 2.24) is 5.32 Å². The molecular formula is C14H22BrNO2. The molecule has 0 saturated heterocycles. The minimum Gasteiger partial charge on any atom is -0.491 e. The molecule has 1 rings (SSSR count). The van der Waals surface area contributed by atoms with Crippen molar-refractivity contribution in [1.29, 1.82) is 0 Å². The molecule has 1 unspecified atom stereocenters. The van der Waals surface area contributed by atoms with Crippen LogP contribution in [0.15, 0.2) is 28.7 Å². The van der Waals surface area contributed by atoms with Crippen molar-refractivity contribution in [3.8, 4) is 5.75 Å². The molecule has 102 valence electrons. The van der Waals surface area contributed by atoms with E-state index in [0.717, 1.165) is 16.6 Å². The molecule has 4 heteroatoms. The van der Waals surface area contributed by atoms with Crippen LogP contribution in [0.25, 0.3) is 0 Å². The fourth-order valence-corrected chi connectivity index (χ4v) is 1.57. The third-order valence-corrected chi connectivity index (χ3v) is 3.48. The summed E-state index contributed by atoms with van der Waals surface area (Å²) in [5.41, 5.74) is 0.0542. The van der Waals surface area contributed by atoms with Gasteiger partial charge in [-0.25, -0.2) is 0 Å². The fourth-order valence-electron chi connectivity index (χ4n) is 1.30. The first kappa shape index (κ1) is 15.5. The zero-order valence-electron chi connectivity index (χ0n) is 11.2. The summed E-state index contributed by atoms with van der Waals surface area (Å²) in [5, 5.41) is 13.1. The molecule has 0 spiro atoms. The normalized spacial score (nSPS) is 13.4. The van der Waals surface area contributed by atoms with Gasteiger partial charge in [-0.1, -0.05) is 22.9 Å². The standard InChI is InChI=1S/C14H22BrNO2/c1-4-14(2,3)16-9-12(17)10-18-13-7-5-11(15)6-8-13/h5-8,12,16-17H,4,9-10H2,1-3H3. The quantitative estimate of drug-likeness (QED) is 0.813. The summed E-state index contributed by atoms with van der Waals surface area (Å²) >= 11 is 3.37. The summed E-state index contributed by atoms with van der Waals surface area (Å²) in [6.45, 7) is 7.20. The van der Waals surface area contributed by atoms with E-state index in [4.69, 9.17) is 4.74 Å². The maximum absolute atomic E-state index is 9.83. The number of nitrogens with one attached hydrogen (secondary N) is 1. The van der Waals surface area contributed by atoms with Gasteiger partial charge in [0.1, 0.15) is 18.5 Å². The van der Waals surface area contributed by atoms with Crippen molar-refractivity contribution in [2.75, 3.05) is 13.2 Å². The molecule has 3 nitrogen and oxygen atoms in total. The molecule has 0 saturated carbocycles. The molecule has 1 atom stereocenters. The first-order valence-electron chi connectivity index (χ1n) is 6.24. The molecule has 18 heavy (non-hydrogen) atoms. The largest absolute Gasteiger partial charge is 0.491 e. The monoisotopic (exact) mass is 315 g/mol. The second-order valence-corrected chi connectivity index (χ2v) is 5.95. The Morgan fingerprint density at radius 3 is 2.50 bits per heavy atom. The molecule has 0 bridgehead atoms. The highest BCUT2D eigenvalue weighted by atomic mass is 79.9. The van der Waals surface area contributed by atoms with E-state index < -0.39 is 6.10 Å². The van der Waals surface area contributed by atoms with Gasteiger partial charge in [-0.15, -0.1) is 0 Å². The molecule has 0 aliphatic carbocycles. The average Bonchev–Trinajstić information content (AvgIpc) is 2.36. The lowest BCUT2D eigenvalue weighted by Gasteiger charge is -2.26. The Balaban J connectivity index is 2.29. The number of hydrogen-bond acceptors (Lipinski definition) is 3. The van der Waals surface area contributed by atoms with E-state index in [1.54, 1.807) is 0 Å². The van der Waals surface area contributed by atoms with Gasteiger partial charge in [0.15, 0.2) is 0 Å². The molecule has 0 fully saturated rings. The number of aliphatic hydroxyl groups excluding tert-OH is 1. The Bertz CT molecular complexity index is 351. The fraction of sp³-hybridized carbons (Fsp3) is 0.571. The van der Waals surface area contributed by atoms with Gasteiger partial charge in [0.25, 0.3) is 0 Å². The van der Waals surface area contributed by atoms with E-state index in [9.17, 15) is 5.11 Å². The summed E-state index contributed by atoms with van der Waals surface area (Å²) in [6, 6.07) is 7.58. The number of rotatable bonds is 7. The molecule has 0 aromatic heterocycles. The van der Waals surface area contributed by atoms with Gasteiger partial charge in [-0.3, -0.25) is 0 Å². The summed E-state index contributed by atoms with van der Waals surface area (Å²) in [6.07, 6.45) is 0.521. The second-order valence-electron chi connectivity index (χ2n) is 5.04. The number of hydrogen-bond donors (Lipinski definition) is 2. The van der Waals surface area contributed by atoms with Crippen molar-refractivity contribution in [3.05, 3.63) is 28.7 Å². The molecule has 0 heterocycles. The predicted octanol–water partition coefficient (Wildman–Crippen LogP) is 2.97. The van der Waals surface area contributed by atoms with Crippen molar-refractivity contribution in [3.63, 3.8) is 0 Å². The van der Waals surface area contributed by atoms with Gasteiger partial charge in [0.05, 0.1) is 0 Å². The highest BCUT2D eigenvalue weighted by Gasteiger charge is 2.16. The van der Waals surface area contributed by atoms with E-state index >= 15 is 0 Å². The Kier molecular flexibility index (Phi) is 6.12. The molecule has 1 aromatic carbocycles. The van der Waals surface area contributed by atoms with Gasteiger partial charge in [0.2, 0.25) is 0 Å². The highest BCUT2D eigenvalue weighted by Crippen LogP contribution is 2.16. The number of ether oxygens (including phenoxy) is 1. The zero-order chi connectivity index (χ0) is 13.6. The Morgan fingerprint density at radius 2 is 1.94 bits per heavy atom. The molecule has 0 radical (unpaired) electrons. The van der Waals surface area contributed by atoms with Gasteiger partial charge >= 0.3 is 0 Å². The molecule has 0 aliphatic rings. The van der Waals surface area contributed by atoms with Crippen LogP contribution in [0.4, 0.5) is 0 Å². The van der Waals surface area contributed by atoms with Crippen LogP contribution in [-0.2, 0) is 0 Å². The van der Waals surface area contributed by atoms with Crippen LogP contribution < -0.4 is 10.1 Å². The molecule has 0 amide bonds. The molecule has 1 aromatic rings. The lowest BCUT2D eigenvalue weighted by atomic mass is 10.0. The van der Waals surface area contributed by atoms with Crippen LogP contribution in [0.1, 0.15) is 27.2 Å². The Morgan fingerprint density at radius 1 is 1.33 bits per heavy atom. The van der Waals surface area contributed by atoms with Crippen LogP contribution in [0.2, 0.25) is 0 Å². The minimum absolute atomic E-state index is 0.0542. The van der Waals surface area contributed by atoms with Gasteiger partial charge < -0.3 is 15.2 Å². The van der Waals surface area contributed by atoms with Gasteiger partial charge in [0, 0.05) is 16.6 Å². The van der Waals surface area contributed by atoms with E-state index in [1.165, 1.54) is 0 Å². The number of benzene rings is 1. The van der Waals surface area contributed by atoms with Gasteiger partial charge in [-0.2, -0.15) is 0 Å². The predicted molar refractivity (Wildman–Crippen MR) is 78.0 cm³/mol. The van der Waals surface area contributed by atoms with Gasteiger partial charge in [-0.05, 0) is 44.5 Å². The van der Waals surface area contributed by atoms with Crippen LogP contribution >= 0.6 is 15.9 Å². The molecular weight excluding hydrogens is 294 g/mol. The Labute approximate surface area is 118 Å². The highest BCUT2D eigenvalue weighted by molar-refractivity contribution is 9.10. The van der Waals surface area contributed by atoms with E-state index in [-0.39, 0.29) is 5.54 Å². The number of β-amino-alcohol motifs (C(OH)–C–C–N with tert-alkyl or cyclic N) is 1. The first-order valence-corrected chi connectivity index (χ1v) is 7.04. The summed E-state index contributed by atoms with van der Waals surface area (Å²) in [7, 11) is 0. The lowest BCUT2D eigenvalue weighted by Crippen LogP contribution is -2.44. The lowest BCUT2D eigenvalue weighted by molar-refractivity contribution is 0.0985. The third-order valence-electron chi connectivity index (χ3n) is 2.96. The van der Waals surface area contributed by atoms with Crippen LogP contribution in [0.3, 0.4) is 0 Å². The Hall–Kier alpha value is -0.580. The maximum Gasteiger partial charge on any atom is 0.119 e. The number of halogens is 1. The number of aliphatic hydroxyl groups is 1. The average molecular weight is 316 g/mol. The van der Waals surface area contributed by atoms with Crippen molar-refractivity contribution < 1.29 is 9.84 Å². The van der Waals surface area contributed by atoms with E-state index in [2.05, 4.69) is 42.0 Å². The van der Waals surface area contributed by atoms with E-state index in [0.29, 0.717) is 13.2 Å². The van der Waals surface area contributed by atoms with Crippen molar-refractivity contribution >= 4 is 15.9 Å². The smallest absolute Gasteiger partial charge is 0.119 e. The van der Waals surface area contributed by atoms with Crippen LogP contribution in [0, 0.1) is 0 Å². The van der Waals surface area contributed by atoms with E-state index in [1.807, 2.05) is 24.3 Å². The minimum atomic E-state index is -0.500. The summed E-state index contributed by atoms with van der Waals surface area (Å²) < 4.78 is 6.53. The maximum atomic E-state index is 9.83. The van der Waals surface area contributed by atoms with Crippen LogP contribution in [-0.4, -0.2) is 29.9 Å².